The van der Waals surface area contributed by atoms with Crippen molar-refractivity contribution < 1.29 is 9.90 Å². The number of amides is 1. The van der Waals surface area contributed by atoms with Crippen molar-refractivity contribution in [1.29, 1.82) is 0 Å². The number of carbonyl (C=O) groups is 1. The van der Waals surface area contributed by atoms with E-state index in [9.17, 15) is 9.90 Å². The molecule has 0 spiro atoms. The van der Waals surface area contributed by atoms with Crippen molar-refractivity contribution in [2.24, 2.45) is 5.10 Å². The number of halogens is 2. The van der Waals surface area contributed by atoms with Gasteiger partial charge in [-0.3, -0.25) is 4.79 Å². The zero-order valence-electron chi connectivity index (χ0n) is 10.2. The van der Waals surface area contributed by atoms with Crippen molar-refractivity contribution in [2.45, 2.75) is 0 Å². The molecule has 0 heterocycles. The molecular weight excluding hydrogens is 299 g/mol. The Labute approximate surface area is 125 Å². The van der Waals surface area contributed by atoms with Crippen LogP contribution in [0.5, 0.6) is 5.75 Å². The fourth-order valence-electron chi connectivity index (χ4n) is 1.47. The van der Waals surface area contributed by atoms with Crippen LogP contribution in [-0.2, 0) is 0 Å². The zero-order valence-corrected chi connectivity index (χ0v) is 11.7. The second-order valence-electron chi connectivity index (χ2n) is 3.92. The molecule has 102 valence electrons. The molecule has 2 aromatic rings. The van der Waals surface area contributed by atoms with Crippen LogP contribution in [-0.4, -0.2) is 17.2 Å². The number of nitrogens with zero attached hydrogens (tertiary/aromatic N) is 1. The van der Waals surface area contributed by atoms with Gasteiger partial charge in [-0.15, -0.1) is 0 Å². The molecule has 0 saturated carbocycles. The molecule has 6 heteroatoms. The summed E-state index contributed by atoms with van der Waals surface area (Å²) in [6.07, 6.45) is 1.45. The van der Waals surface area contributed by atoms with Gasteiger partial charge < -0.3 is 5.11 Å². The van der Waals surface area contributed by atoms with Crippen LogP contribution in [0.2, 0.25) is 10.0 Å². The molecule has 2 rings (SSSR count). The predicted octanol–water partition coefficient (Wildman–Crippen LogP) is 3.46. The van der Waals surface area contributed by atoms with E-state index < -0.39 is 5.91 Å². The summed E-state index contributed by atoms with van der Waals surface area (Å²) in [7, 11) is 0. The highest BCUT2D eigenvalue weighted by molar-refractivity contribution is 6.42. The molecular formula is C14H10Cl2N2O2. The van der Waals surface area contributed by atoms with E-state index >= 15 is 0 Å². The summed E-state index contributed by atoms with van der Waals surface area (Å²) in [5.41, 5.74) is 3.37. The Bertz CT molecular complexity index is 672. The van der Waals surface area contributed by atoms with Crippen LogP contribution in [0.15, 0.2) is 47.6 Å². The monoisotopic (exact) mass is 308 g/mol. The molecule has 0 aromatic heterocycles. The van der Waals surface area contributed by atoms with Gasteiger partial charge in [-0.05, 0) is 35.9 Å². The average Bonchev–Trinajstić information content (AvgIpc) is 2.42. The summed E-state index contributed by atoms with van der Waals surface area (Å²) in [5.74, 6) is -0.400. The molecule has 0 aliphatic rings. The van der Waals surface area contributed by atoms with Crippen molar-refractivity contribution in [3.8, 4) is 5.75 Å². The molecule has 0 aliphatic heterocycles. The van der Waals surface area contributed by atoms with Crippen molar-refractivity contribution in [3.63, 3.8) is 0 Å². The highest BCUT2D eigenvalue weighted by Gasteiger charge is 2.04. The Morgan fingerprint density at radius 3 is 2.65 bits per heavy atom. The van der Waals surface area contributed by atoms with E-state index in [0.717, 1.165) is 0 Å². The number of phenols is 1. The third-order valence-electron chi connectivity index (χ3n) is 2.43. The third-order valence-corrected chi connectivity index (χ3v) is 3.17. The fourth-order valence-corrected chi connectivity index (χ4v) is 1.78. The summed E-state index contributed by atoms with van der Waals surface area (Å²) >= 11 is 11.7. The van der Waals surface area contributed by atoms with Crippen molar-refractivity contribution in [3.05, 3.63) is 63.6 Å². The third kappa shape index (κ3) is 3.73. The number of benzene rings is 2. The number of carbonyl (C=O) groups excluding carboxylic acids is 1. The largest absolute Gasteiger partial charge is 0.508 e. The molecule has 0 bridgehead atoms. The predicted molar refractivity (Wildman–Crippen MR) is 79.6 cm³/mol. The van der Waals surface area contributed by atoms with Gasteiger partial charge in [-0.2, -0.15) is 5.10 Å². The highest BCUT2D eigenvalue weighted by atomic mass is 35.5. The molecule has 1 amide bonds. The summed E-state index contributed by atoms with van der Waals surface area (Å²) in [5, 5.41) is 14.0. The Balaban J connectivity index is 2.02. The number of hydrogen-bond donors (Lipinski definition) is 2. The molecule has 20 heavy (non-hydrogen) atoms. The lowest BCUT2D eigenvalue weighted by molar-refractivity contribution is 0.0954. The van der Waals surface area contributed by atoms with Gasteiger partial charge in [0, 0.05) is 5.56 Å². The Hall–Kier alpha value is -2.04. The minimum Gasteiger partial charge on any atom is -0.508 e. The van der Waals surface area contributed by atoms with Gasteiger partial charge in [0.2, 0.25) is 0 Å². The summed E-state index contributed by atoms with van der Waals surface area (Å²) in [6, 6.07) is 11.0. The van der Waals surface area contributed by atoms with Gasteiger partial charge >= 0.3 is 0 Å². The van der Waals surface area contributed by atoms with Crippen LogP contribution in [0.25, 0.3) is 0 Å². The fraction of sp³-hybridized carbons (Fsp3) is 0. The standard InChI is InChI=1S/C14H10Cl2N2O2/c15-12-5-4-9(6-13(12)16)8-17-18-14(20)10-2-1-3-11(19)7-10/h1-8,19H,(H,18,20)/b17-8+. The van der Waals surface area contributed by atoms with Gasteiger partial charge in [0.05, 0.1) is 16.3 Å². The molecule has 0 fully saturated rings. The van der Waals surface area contributed by atoms with Crippen molar-refractivity contribution in [1.82, 2.24) is 5.43 Å². The Morgan fingerprint density at radius 2 is 1.95 bits per heavy atom. The normalized spacial score (nSPS) is 10.7. The maximum atomic E-state index is 11.7. The minimum atomic E-state index is -0.419. The number of nitrogens with one attached hydrogen (secondary N) is 1. The Kier molecular flexibility index (Phi) is 4.61. The van der Waals surface area contributed by atoms with E-state index in [1.807, 2.05) is 0 Å². The molecule has 0 unspecified atom stereocenters. The van der Waals surface area contributed by atoms with E-state index in [1.54, 1.807) is 30.3 Å². The van der Waals surface area contributed by atoms with Gasteiger partial charge in [-0.25, -0.2) is 5.43 Å². The van der Waals surface area contributed by atoms with Crippen LogP contribution in [0, 0.1) is 0 Å². The minimum absolute atomic E-state index is 0.0195. The van der Waals surface area contributed by atoms with E-state index in [1.165, 1.54) is 18.3 Å². The van der Waals surface area contributed by atoms with Crippen LogP contribution in [0.3, 0.4) is 0 Å². The summed E-state index contributed by atoms with van der Waals surface area (Å²) in [6.45, 7) is 0. The van der Waals surface area contributed by atoms with Crippen molar-refractivity contribution in [2.75, 3.05) is 0 Å². The smallest absolute Gasteiger partial charge is 0.271 e. The number of phenolic OH excluding ortho intramolecular Hbond substituents is 1. The van der Waals surface area contributed by atoms with Gasteiger partial charge in [0.15, 0.2) is 0 Å². The first-order valence-electron chi connectivity index (χ1n) is 5.64. The Morgan fingerprint density at radius 1 is 1.15 bits per heavy atom. The van der Waals surface area contributed by atoms with E-state index in [0.29, 0.717) is 21.2 Å². The quantitative estimate of drug-likeness (QED) is 0.674. The second kappa shape index (κ2) is 6.41. The summed E-state index contributed by atoms with van der Waals surface area (Å²) < 4.78 is 0. The lowest BCUT2D eigenvalue weighted by Crippen LogP contribution is -2.17. The number of hydrazone groups is 1. The van der Waals surface area contributed by atoms with E-state index in [4.69, 9.17) is 23.2 Å². The van der Waals surface area contributed by atoms with Crippen LogP contribution >= 0.6 is 23.2 Å². The van der Waals surface area contributed by atoms with Crippen LogP contribution in [0.4, 0.5) is 0 Å². The lowest BCUT2D eigenvalue weighted by atomic mass is 10.2. The molecule has 0 radical (unpaired) electrons. The number of rotatable bonds is 3. The van der Waals surface area contributed by atoms with Gasteiger partial charge in [0.1, 0.15) is 5.75 Å². The molecule has 0 saturated heterocycles. The zero-order chi connectivity index (χ0) is 14.5. The van der Waals surface area contributed by atoms with E-state index in [2.05, 4.69) is 10.5 Å². The average molecular weight is 309 g/mol. The van der Waals surface area contributed by atoms with E-state index in [-0.39, 0.29) is 5.75 Å². The van der Waals surface area contributed by atoms with Gasteiger partial charge in [-0.1, -0.05) is 35.3 Å². The molecule has 4 nitrogen and oxygen atoms in total. The molecule has 0 atom stereocenters. The number of hydrogen-bond acceptors (Lipinski definition) is 3. The number of aromatic hydroxyl groups is 1. The van der Waals surface area contributed by atoms with Crippen LogP contribution in [0.1, 0.15) is 15.9 Å². The molecule has 2 aromatic carbocycles. The highest BCUT2D eigenvalue weighted by Crippen LogP contribution is 2.21. The maximum absolute atomic E-state index is 11.7. The SMILES string of the molecule is O=C(N/N=C/c1ccc(Cl)c(Cl)c1)c1cccc(O)c1. The summed E-state index contributed by atoms with van der Waals surface area (Å²) in [4.78, 5) is 11.7. The lowest BCUT2D eigenvalue weighted by Gasteiger charge is -2.00. The first-order valence-corrected chi connectivity index (χ1v) is 6.39. The molecule has 0 aliphatic carbocycles. The first-order chi connectivity index (χ1) is 9.56. The maximum Gasteiger partial charge on any atom is 0.271 e. The topological polar surface area (TPSA) is 61.7 Å². The van der Waals surface area contributed by atoms with Crippen LogP contribution < -0.4 is 5.43 Å². The second-order valence-corrected chi connectivity index (χ2v) is 4.74. The van der Waals surface area contributed by atoms with Crippen molar-refractivity contribution >= 4 is 35.3 Å². The first kappa shape index (κ1) is 14.4. The molecule has 2 N–H and O–H groups in total. The van der Waals surface area contributed by atoms with Gasteiger partial charge in [0.25, 0.3) is 5.91 Å².